The van der Waals surface area contributed by atoms with E-state index in [9.17, 15) is 13.2 Å². The molecule has 4 nitrogen and oxygen atoms in total. The van der Waals surface area contributed by atoms with E-state index in [0.717, 1.165) is 18.6 Å². The molecule has 2 rings (SSSR count). The minimum atomic E-state index is -1.52. The Balaban J connectivity index is 2.59. The fourth-order valence-corrected chi connectivity index (χ4v) is 1.84. The number of nitrogens with zero attached hydrogens (tertiary/aromatic N) is 3. The molecule has 1 aromatic carbocycles. The first-order chi connectivity index (χ1) is 9.10. The maximum absolute atomic E-state index is 13.8. The van der Waals surface area contributed by atoms with E-state index in [-0.39, 0.29) is 17.9 Å². The summed E-state index contributed by atoms with van der Waals surface area (Å²) >= 11 is 0. The Bertz CT molecular complexity index is 595. The van der Waals surface area contributed by atoms with E-state index in [0.29, 0.717) is 12.4 Å². The zero-order chi connectivity index (χ0) is 14.0. The zero-order valence-electron chi connectivity index (χ0n) is 10.3. The van der Waals surface area contributed by atoms with E-state index >= 15 is 0 Å². The lowest BCUT2D eigenvalue weighted by molar-refractivity contribution is 0.448. The van der Waals surface area contributed by atoms with Gasteiger partial charge in [0, 0.05) is 6.54 Å². The van der Waals surface area contributed by atoms with Gasteiger partial charge in [-0.25, -0.2) is 13.2 Å². The maximum atomic E-state index is 13.8. The van der Waals surface area contributed by atoms with Gasteiger partial charge in [0.25, 0.3) is 0 Å². The second kappa shape index (κ2) is 5.40. The predicted octanol–water partition coefficient (Wildman–Crippen LogP) is 2.23. The van der Waals surface area contributed by atoms with Crippen molar-refractivity contribution in [3.8, 4) is 11.4 Å². The molecule has 102 valence electrons. The third-order valence-electron chi connectivity index (χ3n) is 2.73. The molecule has 0 saturated carbocycles. The minimum absolute atomic E-state index is 0.125. The van der Waals surface area contributed by atoms with E-state index in [1.165, 1.54) is 0 Å². The molecule has 1 heterocycles. The van der Waals surface area contributed by atoms with Crippen molar-refractivity contribution in [2.45, 2.75) is 26.4 Å². The number of halogens is 3. The molecule has 0 bridgehead atoms. The number of aromatic nitrogens is 3. The molecule has 2 aromatic rings. The Hall–Kier alpha value is -1.89. The lowest BCUT2D eigenvalue weighted by Gasteiger charge is -2.09. The molecule has 0 aliphatic carbocycles. The van der Waals surface area contributed by atoms with Gasteiger partial charge in [0.2, 0.25) is 0 Å². The fraction of sp³-hybridized carbons (Fsp3) is 0.333. The van der Waals surface area contributed by atoms with Crippen molar-refractivity contribution in [3.63, 3.8) is 0 Å². The summed E-state index contributed by atoms with van der Waals surface area (Å²) in [6, 6.07) is 2.01. The molecule has 19 heavy (non-hydrogen) atoms. The van der Waals surface area contributed by atoms with Crippen molar-refractivity contribution in [1.82, 2.24) is 14.8 Å². The van der Waals surface area contributed by atoms with Crippen LogP contribution < -0.4 is 5.73 Å². The van der Waals surface area contributed by atoms with Gasteiger partial charge in [0.05, 0.1) is 12.1 Å². The Morgan fingerprint density at radius 2 is 1.89 bits per heavy atom. The van der Waals surface area contributed by atoms with Crippen molar-refractivity contribution in [3.05, 3.63) is 35.4 Å². The summed E-state index contributed by atoms with van der Waals surface area (Å²) in [4.78, 5) is 0. The zero-order valence-corrected chi connectivity index (χ0v) is 10.3. The van der Waals surface area contributed by atoms with E-state index in [4.69, 9.17) is 5.73 Å². The largest absolute Gasteiger partial charge is 0.324 e. The van der Waals surface area contributed by atoms with Gasteiger partial charge in [-0.15, -0.1) is 10.2 Å². The molecule has 0 radical (unpaired) electrons. The highest BCUT2D eigenvalue weighted by Gasteiger charge is 2.20. The summed E-state index contributed by atoms with van der Waals surface area (Å²) in [7, 11) is 0. The van der Waals surface area contributed by atoms with Crippen molar-refractivity contribution < 1.29 is 13.2 Å². The average Bonchev–Trinajstić information content (AvgIpc) is 2.80. The first kappa shape index (κ1) is 13.5. The van der Waals surface area contributed by atoms with Gasteiger partial charge in [-0.3, -0.25) is 0 Å². The molecule has 0 fully saturated rings. The predicted molar refractivity (Wildman–Crippen MR) is 63.5 cm³/mol. The van der Waals surface area contributed by atoms with E-state index in [2.05, 4.69) is 10.2 Å². The normalized spacial score (nSPS) is 11.0. The highest BCUT2D eigenvalue weighted by molar-refractivity contribution is 5.56. The number of nitrogens with two attached hydrogens (primary N) is 1. The van der Waals surface area contributed by atoms with Crippen molar-refractivity contribution in [1.29, 1.82) is 0 Å². The molecule has 2 N–H and O–H groups in total. The van der Waals surface area contributed by atoms with Gasteiger partial charge in [-0.2, -0.15) is 0 Å². The number of hydrogen-bond acceptors (Lipinski definition) is 3. The maximum Gasteiger partial charge on any atom is 0.195 e. The summed E-state index contributed by atoms with van der Waals surface area (Å²) < 4.78 is 41.5. The third kappa shape index (κ3) is 2.33. The monoisotopic (exact) mass is 270 g/mol. The first-order valence-corrected chi connectivity index (χ1v) is 5.86. The van der Waals surface area contributed by atoms with Gasteiger partial charge < -0.3 is 10.3 Å². The fourth-order valence-electron chi connectivity index (χ4n) is 1.84. The van der Waals surface area contributed by atoms with Gasteiger partial charge in [0.15, 0.2) is 23.3 Å². The Kier molecular flexibility index (Phi) is 3.84. The number of benzene rings is 1. The van der Waals surface area contributed by atoms with Crippen LogP contribution in [0.4, 0.5) is 13.2 Å². The van der Waals surface area contributed by atoms with Crippen LogP contribution in [0, 0.1) is 17.5 Å². The van der Waals surface area contributed by atoms with Gasteiger partial charge in [0.1, 0.15) is 5.82 Å². The van der Waals surface area contributed by atoms with E-state index in [1.54, 1.807) is 4.57 Å². The molecule has 0 spiro atoms. The number of hydrogen-bond donors (Lipinski definition) is 1. The first-order valence-electron chi connectivity index (χ1n) is 5.86. The lowest BCUT2D eigenvalue weighted by Crippen LogP contribution is -2.10. The summed E-state index contributed by atoms with van der Waals surface area (Å²) in [5, 5.41) is 7.64. The van der Waals surface area contributed by atoms with Gasteiger partial charge in [-0.05, 0) is 18.6 Å². The molecule has 0 aliphatic rings. The Morgan fingerprint density at radius 3 is 2.53 bits per heavy atom. The molecule has 0 saturated heterocycles. The third-order valence-corrected chi connectivity index (χ3v) is 2.73. The smallest absolute Gasteiger partial charge is 0.195 e. The van der Waals surface area contributed by atoms with Crippen LogP contribution >= 0.6 is 0 Å². The van der Waals surface area contributed by atoms with Gasteiger partial charge >= 0.3 is 0 Å². The average molecular weight is 270 g/mol. The van der Waals surface area contributed by atoms with E-state index in [1.807, 2.05) is 6.92 Å². The van der Waals surface area contributed by atoms with Crippen LogP contribution in [-0.2, 0) is 13.1 Å². The van der Waals surface area contributed by atoms with Crippen LogP contribution in [0.2, 0.25) is 0 Å². The van der Waals surface area contributed by atoms with Crippen LogP contribution in [0.5, 0.6) is 0 Å². The Labute approximate surface area is 108 Å². The topological polar surface area (TPSA) is 56.7 Å². The van der Waals surface area contributed by atoms with Crippen molar-refractivity contribution >= 4 is 0 Å². The lowest BCUT2D eigenvalue weighted by atomic mass is 10.2. The quantitative estimate of drug-likeness (QED) is 0.867. The number of rotatable bonds is 4. The van der Waals surface area contributed by atoms with Crippen LogP contribution in [0.25, 0.3) is 11.4 Å². The highest BCUT2D eigenvalue weighted by Crippen LogP contribution is 2.25. The summed E-state index contributed by atoms with van der Waals surface area (Å²) in [5.41, 5.74) is 5.39. The second-order valence-corrected chi connectivity index (χ2v) is 4.02. The molecule has 0 amide bonds. The van der Waals surface area contributed by atoms with Crippen LogP contribution in [-0.4, -0.2) is 14.8 Å². The Morgan fingerprint density at radius 1 is 1.16 bits per heavy atom. The van der Waals surface area contributed by atoms with Crippen molar-refractivity contribution in [2.24, 2.45) is 5.73 Å². The minimum Gasteiger partial charge on any atom is -0.324 e. The molecular formula is C12H13F3N4. The SMILES string of the molecule is CCCn1c(CN)nnc1-c1ccc(F)c(F)c1F. The second-order valence-electron chi connectivity index (χ2n) is 4.02. The van der Waals surface area contributed by atoms with Crippen LogP contribution in [0.1, 0.15) is 19.2 Å². The summed E-state index contributed by atoms with van der Waals surface area (Å²) in [5.74, 6) is -3.40. The molecule has 1 aromatic heterocycles. The molecule has 0 unspecified atom stereocenters. The van der Waals surface area contributed by atoms with Crippen molar-refractivity contribution in [2.75, 3.05) is 0 Å². The summed E-state index contributed by atoms with van der Waals surface area (Å²) in [6.45, 7) is 2.58. The van der Waals surface area contributed by atoms with E-state index < -0.39 is 17.5 Å². The van der Waals surface area contributed by atoms with Gasteiger partial charge in [-0.1, -0.05) is 6.92 Å². The molecular weight excluding hydrogens is 257 g/mol. The van der Waals surface area contributed by atoms with Crippen LogP contribution in [0.15, 0.2) is 12.1 Å². The molecule has 0 aliphatic heterocycles. The molecule has 0 atom stereocenters. The standard InChI is InChI=1S/C12H13F3N4/c1-2-5-19-9(6-16)17-18-12(19)7-3-4-8(13)11(15)10(7)14/h3-4H,2,5-6,16H2,1H3. The van der Waals surface area contributed by atoms with Crippen LogP contribution in [0.3, 0.4) is 0 Å². The summed E-state index contributed by atoms with van der Waals surface area (Å²) in [6.07, 6.45) is 0.753. The molecule has 7 heteroatoms. The highest BCUT2D eigenvalue weighted by atomic mass is 19.2.